The van der Waals surface area contributed by atoms with Gasteiger partial charge >= 0.3 is 0 Å². The summed E-state index contributed by atoms with van der Waals surface area (Å²) in [6, 6.07) is 0. The smallest absolute Gasteiger partial charge is 0.287 e. The third kappa shape index (κ3) is 2.54. The van der Waals surface area contributed by atoms with Crippen molar-refractivity contribution < 1.29 is 0 Å². The quantitative estimate of drug-likeness (QED) is 0.514. The molecule has 0 aromatic heterocycles. The number of hydrogen-bond acceptors (Lipinski definition) is 3. The lowest BCUT2D eigenvalue weighted by molar-refractivity contribution is 0.828. The van der Waals surface area contributed by atoms with Crippen LogP contribution in [0.3, 0.4) is 0 Å². The molecule has 1 aliphatic heterocycles. The third-order valence-corrected chi connectivity index (χ3v) is 2.57. The second-order valence-electron chi connectivity index (χ2n) is 3.81. The highest BCUT2D eigenvalue weighted by molar-refractivity contribution is 6.86. The minimum Gasteiger partial charge on any atom is -0.372 e. The molecule has 1 saturated heterocycles. The molecule has 0 saturated carbocycles. The first kappa shape index (κ1) is 10.2. The second-order valence-corrected chi connectivity index (χ2v) is 3.81. The molecular formula is C6H18B3N3. The Morgan fingerprint density at radius 2 is 1.58 bits per heavy atom. The zero-order chi connectivity index (χ0) is 9.14. The van der Waals surface area contributed by atoms with Crippen LogP contribution >= 0.6 is 0 Å². The molecule has 1 unspecified atom stereocenters. The van der Waals surface area contributed by atoms with Crippen LogP contribution in [-0.2, 0) is 0 Å². The van der Waals surface area contributed by atoms with E-state index >= 15 is 0 Å². The van der Waals surface area contributed by atoms with E-state index in [2.05, 4.69) is 42.9 Å². The average Bonchev–Trinajstić information content (AvgIpc) is 2.01. The van der Waals surface area contributed by atoms with Gasteiger partial charge in [-0.2, -0.15) is 0 Å². The highest BCUT2D eigenvalue weighted by Gasteiger charge is 2.32. The van der Waals surface area contributed by atoms with E-state index < -0.39 is 0 Å². The molecule has 1 aliphatic rings. The lowest BCUT2D eigenvalue weighted by atomic mass is 9.46. The van der Waals surface area contributed by atoms with Crippen LogP contribution in [0.5, 0.6) is 0 Å². The molecule has 3 nitrogen and oxygen atoms in total. The van der Waals surface area contributed by atoms with Crippen molar-refractivity contribution in [3.8, 4) is 0 Å². The van der Waals surface area contributed by atoms with Gasteiger partial charge in [0.2, 0.25) is 0 Å². The number of hydrogen-bond donors (Lipinski definition) is 3. The van der Waals surface area contributed by atoms with Crippen molar-refractivity contribution in [2.45, 2.75) is 39.7 Å². The predicted molar refractivity (Wildman–Crippen MR) is 58.1 cm³/mol. The van der Waals surface area contributed by atoms with Gasteiger partial charge in [0.15, 0.2) is 0 Å². The Bertz CT molecular complexity index is 136. The standard InChI is InChI=1S/C6H18B3N3/c1-5-6(2)9-11-7(3)10-8(4)12-9/h6,10-12H,5H2,1-4H3. The highest BCUT2D eigenvalue weighted by Crippen LogP contribution is 2.10. The Morgan fingerprint density at radius 3 is 2.00 bits per heavy atom. The number of rotatable bonds is 2. The van der Waals surface area contributed by atoms with Crippen LogP contribution in [0, 0.1) is 0 Å². The average molecular weight is 165 g/mol. The van der Waals surface area contributed by atoms with Gasteiger partial charge in [0.05, 0.1) is 0 Å². The van der Waals surface area contributed by atoms with Crippen LogP contribution in [0.2, 0.25) is 19.5 Å². The molecule has 1 atom stereocenters. The summed E-state index contributed by atoms with van der Waals surface area (Å²) in [6.07, 6.45) is 1.21. The Hall–Kier alpha value is 0.0748. The maximum absolute atomic E-state index is 3.48. The number of nitrogens with one attached hydrogen (secondary N) is 3. The zero-order valence-electron chi connectivity index (χ0n) is 8.52. The van der Waals surface area contributed by atoms with Crippen LogP contribution in [0.4, 0.5) is 0 Å². The first-order valence-electron chi connectivity index (χ1n) is 4.91. The van der Waals surface area contributed by atoms with Crippen molar-refractivity contribution >= 4 is 20.9 Å². The van der Waals surface area contributed by atoms with Crippen LogP contribution in [0.25, 0.3) is 0 Å². The first-order chi connectivity index (χ1) is 5.63. The molecule has 0 spiro atoms. The van der Waals surface area contributed by atoms with E-state index in [1.807, 2.05) is 0 Å². The van der Waals surface area contributed by atoms with Crippen LogP contribution in [0.15, 0.2) is 0 Å². The van der Waals surface area contributed by atoms with E-state index in [4.69, 9.17) is 0 Å². The Balaban J connectivity index is 2.43. The molecule has 3 N–H and O–H groups in total. The molecule has 0 aromatic carbocycles. The Morgan fingerprint density at radius 1 is 1.08 bits per heavy atom. The molecule has 0 aromatic rings. The molecule has 66 valence electrons. The van der Waals surface area contributed by atoms with Crippen LogP contribution < -0.4 is 15.4 Å². The molecule has 0 aliphatic carbocycles. The van der Waals surface area contributed by atoms with Gasteiger partial charge in [0.25, 0.3) is 20.9 Å². The molecule has 0 bridgehead atoms. The van der Waals surface area contributed by atoms with Crippen molar-refractivity contribution in [2.24, 2.45) is 0 Å². The summed E-state index contributed by atoms with van der Waals surface area (Å²) >= 11 is 0. The van der Waals surface area contributed by atoms with E-state index in [0.717, 1.165) is 0 Å². The fraction of sp³-hybridized carbons (Fsp3) is 1.00. The minimum absolute atomic E-state index is 0.417. The normalized spacial score (nSPS) is 21.5. The van der Waals surface area contributed by atoms with Gasteiger partial charge in [-0.05, 0) is 5.82 Å². The van der Waals surface area contributed by atoms with Crippen LogP contribution in [-0.4, -0.2) is 20.9 Å². The summed E-state index contributed by atoms with van der Waals surface area (Å²) in [5.41, 5.74) is 0. The molecule has 0 radical (unpaired) electrons. The van der Waals surface area contributed by atoms with Gasteiger partial charge < -0.3 is 15.4 Å². The molecule has 0 amide bonds. The van der Waals surface area contributed by atoms with Crippen molar-refractivity contribution in [1.82, 2.24) is 15.4 Å². The molecule has 1 heterocycles. The molecule has 1 fully saturated rings. The van der Waals surface area contributed by atoms with Gasteiger partial charge in [-0.3, -0.25) is 0 Å². The van der Waals surface area contributed by atoms with Crippen molar-refractivity contribution in [3.63, 3.8) is 0 Å². The summed E-state index contributed by atoms with van der Waals surface area (Å²) < 4.78 is 0. The topological polar surface area (TPSA) is 36.1 Å². The largest absolute Gasteiger partial charge is 0.372 e. The zero-order valence-corrected chi connectivity index (χ0v) is 8.52. The van der Waals surface area contributed by atoms with Crippen molar-refractivity contribution in [1.29, 1.82) is 0 Å². The highest BCUT2D eigenvalue weighted by atomic mass is 15.0. The fourth-order valence-corrected chi connectivity index (χ4v) is 1.62. The molecule has 6 heteroatoms. The van der Waals surface area contributed by atoms with Crippen molar-refractivity contribution in [3.05, 3.63) is 0 Å². The summed E-state index contributed by atoms with van der Waals surface area (Å²) in [5, 5.41) is 10.3. The minimum atomic E-state index is 0.417. The van der Waals surface area contributed by atoms with Crippen LogP contribution in [0.1, 0.15) is 20.3 Å². The Labute approximate surface area is 76.8 Å². The van der Waals surface area contributed by atoms with E-state index in [1.165, 1.54) is 6.42 Å². The summed E-state index contributed by atoms with van der Waals surface area (Å²) in [7, 11) is 0. The Kier molecular flexibility index (Phi) is 3.68. The predicted octanol–water partition coefficient (Wildman–Crippen LogP) is 0.293. The monoisotopic (exact) mass is 165 g/mol. The van der Waals surface area contributed by atoms with Gasteiger partial charge in [-0.15, -0.1) is 0 Å². The van der Waals surface area contributed by atoms with E-state index in [1.54, 1.807) is 0 Å². The van der Waals surface area contributed by atoms with E-state index in [-0.39, 0.29) is 0 Å². The lowest BCUT2D eigenvalue weighted by Crippen LogP contribution is -2.73. The molecule has 1 rings (SSSR count). The van der Waals surface area contributed by atoms with Crippen molar-refractivity contribution in [2.75, 3.05) is 0 Å². The van der Waals surface area contributed by atoms with Gasteiger partial charge in [-0.25, -0.2) is 0 Å². The SMILES string of the molecule is CCC(C)B1NB(C)NB(C)N1. The summed E-state index contributed by atoms with van der Waals surface area (Å²) in [6.45, 7) is 10.1. The second kappa shape index (κ2) is 4.35. The third-order valence-electron chi connectivity index (χ3n) is 2.57. The first-order valence-corrected chi connectivity index (χ1v) is 4.91. The van der Waals surface area contributed by atoms with Gasteiger partial charge in [-0.1, -0.05) is 33.9 Å². The maximum Gasteiger partial charge on any atom is 0.287 e. The van der Waals surface area contributed by atoms with Gasteiger partial charge in [0, 0.05) is 0 Å². The molecule has 12 heavy (non-hydrogen) atoms. The van der Waals surface area contributed by atoms with Gasteiger partial charge in [0.1, 0.15) is 0 Å². The summed E-state index contributed by atoms with van der Waals surface area (Å²) in [4.78, 5) is 0. The molecular weight excluding hydrogens is 147 g/mol. The fourth-order valence-electron chi connectivity index (χ4n) is 1.62. The van der Waals surface area contributed by atoms with E-state index in [9.17, 15) is 0 Å². The lowest BCUT2D eigenvalue weighted by Gasteiger charge is -2.33. The maximum atomic E-state index is 3.48. The summed E-state index contributed by atoms with van der Waals surface area (Å²) in [5.74, 6) is 0.692. The van der Waals surface area contributed by atoms with E-state index in [0.29, 0.717) is 26.8 Å².